The second-order valence-corrected chi connectivity index (χ2v) is 10.4. The van der Waals surface area contributed by atoms with Gasteiger partial charge in [0.1, 0.15) is 11.4 Å². The maximum atomic E-state index is 12.9. The smallest absolute Gasteiger partial charge is 0.293 e. The number of hydroxylamine groups is 2. The number of benzene rings is 2. The minimum atomic E-state index is -1.11. The molecule has 2 atom stereocenters. The summed E-state index contributed by atoms with van der Waals surface area (Å²) in [4.78, 5) is 66.4. The van der Waals surface area contributed by atoms with Crippen molar-refractivity contribution in [1.82, 2.24) is 26.6 Å². The lowest BCUT2D eigenvalue weighted by atomic mass is 10.1. The number of carbonyl (C=O) groups is 4. The van der Waals surface area contributed by atoms with Gasteiger partial charge in [0.25, 0.3) is 23.6 Å². The molecule has 0 fully saturated rings. The van der Waals surface area contributed by atoms with E-state index in [1.807, 2.05) is 27.7 Å². The zero-order chi connectivity index (χ0) is 30.5. The third kappa shape index (κ3) is 9.79. The van der Waals surface area contributed by atoms with Crippen molar-refractivity contribution in [3.63, 3.8) is 0 Å². The van der Waals surface area contributed by atoms with Gasteiger partial charge in [-0.3, -0.25) is 28.9 Å². The van der Waals surface area contributed by atoms with Crippen LogP contribution in [-0.4, -0.2) is 41.7 Å². The molecule has 0 radical (unpaired) electrons. The molecule has 11 nitrogen and oxygen atoms in total. The standard InChI is InChI=1S/C31H37N5O6/c1-20(2)18-32-30(39)26(22-12-7-5-8-13-22)41-35-28(37)24-16-11-17-25(34-24)29(38)36-42-27(23-14-9-6-10-15-23)31(40)33-19-21(3)4/h5-17,20-21,26-27H,18-19H2,1-4H3,(H,32,39)(H,33,40)(H,35,37)(H,36,38)/t26-,27-/m0/s1. The summed E-state index contributed by atoms with van der Waals surface area (Å²) >= 11 is 0. The Morgan fingerprint density at radius 3 is 1.33 bits per heavy atom. The third-order valence-corrected chi connectivity index (χ3v) is 5.80. The monoisotopic (exact) mass is 575 g/mol. The summed E-state index contributed by atoms with van der Waals surface area (Å²) in [5.41, 5.74) is 5.35. The van der Waals surface area contributed by atoms with Gasteiger partial charge in [-0.05, 0) is 35.1 Å². The van der Waals surface area contributed by atoms with Crippen molar-refractivity contribution < 1.29 is 28.9 Å². The maximum Gasteiger partial charge on any atom is 0.293 e. The van der Waals surface area contributed by atoms with Crippen LogP contribution in [0, 0.1) is 11.8 Å². The Labute approximate surface area is 245 Å². The number of rotatable bonds is 14. The van der Waals surface area contributed by atoms with Gasteiger partial charge in [-0.2, -0.15) is 0 Å². The summed E-state index contributed by atoms with van der Waals surface area (Å²) in [6, 6.07) is 21.7. The predicted molar refractivity (Wildman–Crippen MR) is 155 cm³/mol. The summed E-state index contributed by atoms with van der Waals surface area (Å²) in [6.45, 7) is 8.72. The molecule has 0 aliphatic rings. The lowest BCUT2D eigenvalue weighted by Crippen LogP contribution is -2.38. The zero-order valence-corrected chi connectivity index (χ0v) is 24.1. The second kappa shape index (κ2) is 16.0. The van der Waals surface area contributed by atoms with Gasteiger partial charge in [0.2, 0.25) is 0 Å². The number of aromatic nitrogens is 1. The fraction of sp³-hybridized carbons (Fsp3) is 0.323. The van der Waals surface area contributed by atoms with Crippen LogP contribution in [0.25, 0.3) is 0 Å². The molecule has 4 amide bonds. The van der Waals surface area contributed by atoms with Crippen molar-refractivity contribution in [3.8, 4) is 0 Å². The van der Waals surface area contributed by atoms with Gasteiger partial charge in [-0.15, -0.1) is 0 Å². The quantitative estimate of drug-likeness (QED) is 0.215. The molecule has 3 rings (SSSR count). The van der Waals surface area contributed by atoms with Crippen molar-refractivity contribution in [2.75, 3.05) is 13.1 Å². The average molecular weight is 576 g/mol. The van der Waals surface area contributed by atoms with E-state index in [1.165, 1.54) is 18.2 Å². The van der Waals surface area contributed by atoms with E-state index in [2.05, 4.69) is 26.6 Å². The zero-order valence-electron chi connectivity index (χ0n) is 24.1. The SMILES string of the molecule is CC(C)CNC(=O)[C@@H](ONC(=O)c1cccc(C(=O)NO[C@H](C(=O)NCC(C)C)c2ccccc2)n1)c1ccccc1. The van der Waals surface area contributed by atoms with Crippen LogP contribution in [0.5, 0.6) is 0 Å². The Morgan fingerprint density at radius 1 is 0.595 bits per heavy atom. The van der Waals surface area contributed by atoms with Gasteiger partial charge in [0.15, 0.2) is 12.2 Å². The third-order valence-electron chi connectivity index (χ3n) is 5.80. The van der Waals surface area contributed by atoms with Crippen LogP contribution in [0.2, 0.25) is 0 Å². The van der Waals surface area contributed by atoms with E-state index in [-0.39, 0.29) is 23.2 Å². The summed E-state index contributed by atoms with van der Waals surface area (Å²) < 4.78 is 0. The molecule has 0 saturated carbocycles. The first kappa shape index (κ1) is 31.9. The van der Waals surface area contributed by atoms with Crippen LogP contribution in [0.1, 0.15) is 72.0 Å². The maximum absolute atomic E-state index is 12.9. The van der Waals surface area contributed by atoms with Gasteiger partial charge in [0.05, 0.1) is 0 Å². The molecule has 1 aromatic heterocycles. The Balaban J connectivity index is 1.67. The number of carbonyl (C=O) groups excluding carboxylic acids is 4. The summed E-state index contributed by atoms with van der Waals surface area (Å²) in [6.07, 6.45) is -2.21. The Morgan fingerprint density at radius 2 is 0.976 bits per heavy atom. The van der Waals surface area contributed by atoms with Crippen LogP contribution >= 0.6 is 0 Å². The molecule has 1 heterocycles. The highest BCUT2D eigenvalue weighted by molar-refractivity contribution is 5.95. The molecule has 3 aromatic rings. The van der Waals surface area contributed by atoms with Crippen LogP contribution in [0.4, 0.5) is 0 Å². The Hall–Kier alpha value is -4.61. The first-order valence-electron chi connectivity index (χ1n) is 13.7. The van der Waals surface area contributed by atoms with E-state index >= 15 is 0 Å². The van der Waals surface area contributed by atoms with E-state index in [4.69, 9.17) is 9.68 Å². The first-order chi connectivity index (χ1) is 20.2. The van der Waals surface area contributed by atoms with Crippen molar-refractivity contribution in [2.24, 2.45) is 11.8 Å². The molecule has 4 N–H and O–H groups in total. The molecule has 0 spiro atoms. The van der Waals surface area contributed by atoms with E-state index < -0.39 is 35.8 Å². The summed E-state index contributed by atoms with van der Waals surface area (Å²) in [7, 11) is 0. The van der Waals surface area contributed by atoms with Crippen molar-refractivity contribution in [2.45, 2.75) is 39.9 Å². The lowest BCUT2D eigenvalue weighted by Gasteiger charge is -2.19. The second-order valence-electron chi connectivity index (χ2n) is 10.4. The van der Waals surface area contributed by atoms with Gasteiger partial charge in [0, 0.05) is 13.1 Å². The molecule has 0 aliphatic carbocycles. The average Bonchev–Trinajstić information content (AvgIpc) is 3.00. The largest absolute Gasteiger partial charge is 0.353 e. The number of nitrogens with one attached hydrogen (secondary N) is 4. The number of hydrogen-bond acceptors (Lipinski definition) is 7. The van der Waals surface area contributed by atoms with Crippen LogP contribution in [0.3, 0.4) is 0 Å². The van der Waals surface area contributed by atoms with E-state index in [0.717, 1.165) is 0 Å². The summed E-state index contributed by atoms with van der Waals surface area (Å²) in [5, 5.41) is 5.60. The number of hydrogen-bond donors (Lipinski definition) is 4. The molecule has 222 valence electrons. The van der Waals surface area contributed by atoms with Crippen molar-refractivity contribution in [1.29, 1.82) is 0 Å². The molecule has 0 saturated heterocycles. The minimum Gasteiger partial charge on any atom is -0.353 e. The van der Waals surface area contributed by atoms with Gasteiger partial charge < -0.3 is 10.6 Å². The number of nitrogens with zero attached hydrogens (tertiary/aromatic N) is 1. The first-order valence-corrected chi connectivity index (χ1v) is 13.7. The fourth-order valence-electron chi connectivity index (χ4n) is 3.61. The molecule has 2 aromatic carbocycles. The highest BCUT2D eigenvalue weighted by Gasteiger charge is 2.25. The fourth-order valence-corrected chi connectivity index (χ4v) is 3.61. The minimum absolute atomic E-state index is 0.133. The molecule has 0 aliphatic heterocycles. The number of amides is 4. The van der Waals surface area contributed by atoms with Gasteiger partial charge in [-0.25, -0.2) is 15.9 Å². The molecule has 42 heavy (non-hydrogen) atoms. The lowest BCUT2D eigenvalue weighted by molar-refractivity contribution is -0.137. The van der Waals surface area contributed by atoms with Gasteiger partial charge >= 0.3 is 0 Å². The Kier molecular flexibility index (Phi) is 12.1. The van der Waals surface area contributed by atoms with Crippen LogP contribution in [0.15, 0.2) is 78.9 Å². The normalized spacial score (nSPS) is 12.3. The highest BCUT2D eigenvalue weighted by atomic mass is 16.7. The van der Waals surface area contributed by atoms with Crippen LogP contribution < -0.4 is 21.6 Å². The van der Waals surface area contributed by atoms with E-state index in [0.29, 0.717) is 24.2 Å². The van der Waals surface area contributed by atoms with E-state index in [9.17, 15) is 19.2 Å². The van der Waals surface area contributed by atoms with Crippen molar-refractivity contribution >= 4 is 23.6 Å². The molecule has 0 unspecified atom stereocenters. The molecule has 0 bridgehead atoms. The van der Waals surface area contributed by atoms with Gasteiger partial charge in [-0.1, -0.05) is 94.4 Å². The summed E-state index contributed by atoms with van der Waals surface area (Å²) in [5.74, 6) is -1.92. The molecule has 11 heteroatoms. The van der Waals surface area contributed by atoms with Crippen LogP contribution in [-0.2, 0) is 19.3 Å². The topological polar surface area (TPSA) is 148 Å². The Bertz CT molecular complexity index is 1240. The highest BCUT2D eigenvalue weighted by Crippen LogP contribution is 2.18. The van der Waals surface area contributed by atoms with Crippen molar-refractivity contribution in [3.05, 3.63) is 101 Å². The molecular formula is C31H37N5O6. The van der Waals surface area contributed by atoms with E-state index in [1.54, 1.807) is 60.7 Å². The number of pyridine rings is 1. The predicted octanol–water partition coefficient (Wildman–Crippen LogP) is 3.43. The molecular weight excluding hydrogens is 538 g/mol.